The van der Waals surface area contributed by atoms with Crippen LogP contribution in [0.5, 0.6) is 0 Å². The summed E-state index contributed by atoms with van der Waals surface area (Å²) in [4.78, 5) is 44.7. The van der Waals surface area contributed by atoms with Crippen molar-refractivity contribution in [3.05, 3.63) is 40.9 Å². The van der Waals surface area contributed by atoms with Crippen LogP contribution >= 0.6 is 0 Å². The maximum atomic E-state index is 12.7. The lowest BCUT2D eigenvalue weighted by atomic mass is 10.1. The molecule has 1 fully saturated rings. The number of piperazine rings is 1. The van der Waals surface area contributed by atoms with Crippen LogP contribution in [0.3, 0.4) is 0 Å². The summed E-state index contributed by atoms with van der Waals surface area (Å²) in [6.07, 6.45) is 0.994. The van der Waals surface area contributed by atoms with Crippen molar-refractivity contribution in [1.82, 2.24) is 19.4 Å². The summed E-state index contributed by atoms with van der Waals surface area (Å²) in [5.41, 5.74) is -0.235. The second-order valence-corrected chi connectivity index (χ2v) is 8.17. The highest BCUT2D eigenvalue weighted by Crippen LogP contribution is 2.16. The molecule has 30 heavy (non-hydrogen) atoms. The van der Waals surface area contributed by atoms with Gasteiger partial charge in [-0.05, 0) is 32.9 Å². The molecule has 9 heteroatoms. The van der Waals surface area contributed by atoms with Crippen LogP contribution in [0.15, 0.2) is 35.4 Å². The van der Waals surface area contributed by atoms with E-state index in [2.05, 4.69) is 11.1 Å². The highest BCUT2D eigenvalue weighted by Gasteiger charge is 2.34. The molecule has 0 saturated carbocycles. The average molecular weight is 411 g/mol. The van der Waals surface area contributed by atoms with Crippen molar-refractivity contribution in [2.24, 2.45) is 0 Å². The maximum absolute atomic E-state index is 12.7. The van der Waals surface area contributed by atoms with Gasteiger partial charge in [-0.3, -0.25) is 14.2 Å². The van der Waals surface area contributed by atoms with Gasteiger partial charge >= 0.3 is 6.09 Å². The first-order chi connectivity index (χ1) is 14.2. The summed E-state index contributed by atoms with van der Waals surface area (Å²) < 4.78 is 6.75. The van der Waals surface area contributed by atoms with Crippen LogP contribution in [0, 0.1) is 11.3 Å². The number of aryl methyl sites for hydroxylation is 1. The molecule has 0 aliphatic carbocycles. The summed E-state index contributed by atoms with van der Waals surface area (Å²) >= 11 is 0. The second kappa shape index (κ2) is 8.53. The molecule has 1 aromatic heterocycles. The third kappa shape index (κ3) is 4.76. The normalized spacial score (nSPS) is 16.9. The Balaban J connectivity index is 1.63. The number of fused-ring (bicyclic) bond motifs is 1. The Labute approximate surface area is 174 Å². The van der Waals surface area contributed by atoms with Crippen LogP contribution in [-0.2, 0) is 16.1 Å². The molecule has 0 bridgehead atoms. The number of ether oxygens (including phenoxy) is 1. The second-order valence-electron chi connectivity index (χ2n) is 8.17. The van der Waals surface area contributed by atoms with Crippen LogP contribution in [0.4, 0.5) is 4.79 Å². The molecule has 1 aromatic carbocycles. The van der Waals surface area contributed by atoms with Crippen LogP contribution < -0.4 is 5.56 Å². The van der Waals surface area contributed by atoms with Gasteiger partial charge in [0, 0.05) is 26.1 Å². The van der Waals surface area contributed by atoms with Gasteiger partial charge in [-0.1, -0.05) is 12.1 Å². The summed E-state index contributed by atoms with van der Waals surface area (Å²) in [6.45, 7) is 6.11. The molecule has 2 aromatic rings. The third-order valence-corrected chi connectivity index (χ3v) is 4.80. The molecule has 2 amide bonds. The molecule has 1 saturated heterocycles. The van der Waals surface area contributed by atoms with Gasteiger partial charge in [0.05, 0.1) is 29.8 Å². The van der Waals surface area contributed by atoms with E-state index in [1.54, 1.807) is 39.0 Å². The fourth-order valence-electron chi connectivity index (χ4n) is 3.31. The number of nitrogens with zero attached hydrogens (tertiary/aromatic N) is 5. The zero-order valence-electron chi connectivity index (χ0n) is 17.4. The molecule has 2 heterocycles. The monoisotopic (exact) mass is 411 g/mol. The van der Waals surface area contributed by atoms with Gasteiger partial charge in [0.1, 0.15) is 11.6 Å². The topological polar surface area (TPSA) is 109 Å². The number of hydrogen-bond donors (Lipinski definition) is 0. The van der Waals surface area contributed by atoms with Gasteiger partial charge in [0.2, 0.25) is 5.91 Å². The molecule has 1 aliphatic heterocycles. The first-order valence-electron chi connectivity index (χ1n) is 9.81. The molecular weight excluding hydrogens is 386 g/mol. The largest absolute Gasteiger partial charge is 0.444 e. The molecular formula is C21H25N5O4. The fourth-order valence-corrected chi connectivity index (χ4v) is 3.31. The van der Waals surface area contributed by atoms with E-state index >= 15 is 0 Å². The summed E-state index contributed by atoms with van der Waals surface area (Å²) in [5, 5.41) is 10.00. The van der Waals surface area contributed by atoms with E-state index in [-0.39, 0.29) is 44.1 Å². The maximum Gasteiger partial charge on any atom is 0.410 e. The van der Waals surface area contributed by atoms with E-state index in [1.165, 1.54) is 20.7 Å². The van der Waals surface area contributed by atoms with Crippen molar-refractivity contribution >= 4 is 22.9 Å². The fraction of sp³-hybridized carbons (Fsp3) is 0.476. The highest BCUT2D eigenvalue weighted by atomic mass is 16.6. The first-order valence-corrected chi connectivity index (χ1v) is 9.81. The number of rotatable bonds is 3. The van der Waals surface area contributed by atoms with Gasteiger partial charge < -0.3 is 14.5 Å². The molecule has 3 rings (SSSR count). The van der Waals surface area contributed by atoms with E-state index in [1.807, 2.05) is 6.07 Å². The van der Waals surface area contributed by atoms with Gasteiger partial charge in [-0.15, -0.1) is 0 Å². The minimum Gasteiger partial charge on any atom is -0.444 e. The lowest BCUT2D eigenvalue weighted by Gasteiger charge is -2.38. The predicted molar refractivity (Wildman–Crippen MR) is 110 cm³/mol. The number of carbonyl (C=O) groups excluding carboxylic acids is 2. The van der Waals surface area contributed by atoms with Gasteiger partial charge in [-0.25, -0.2) is 9.78 Å². The smallest absolute Gasteiger partial charge is 0.410 e. The van der Waals surface area contributed by atoms with Crippen LogP contribution in [-0.4, -0.2) is 62.6 Å². The molecule has 1 atom stereocenters. The number of hydrogen-bond acceptors (Lipinski definition) is 6. The summed E-state index contributed by atoms with van der Waals surface area (Å²) in [7, 11) is 0. The lowest BCUT2D eigenvalue weighted by Crippen LogP contribution is -2.56. The quantitative estimate of drug-likeness (QED) is 0.761. The van der Waals surface area contributed by atoms with E-state index in [4.69, 9.17) is 4.74 Å². The Morgan fingerprint density at radius 3 is 2.70 bits per heavy atom. The zero-order chi connectivity index (χ0) is 21.9. The molecule has 0 N–H and O–H groups in total. The van der Waals surface area contributed by atoms with Gasteiger partial charge in [0.15, 0.2) is 0 Å². The van der Waals surface area contributed by atoms with Gasteiger partial charge in [0.25, 0.3) is 5.56 Å². The van der Waals surface area contributed by atoms with Crippen LogP contribution in [0.1, 0.15) is 27.2 Å². The third-order valence-electron chi connectivity index (χ3n) is 4.80. The Bertz CT molecular complexity index is 1050. The van der Waals surface area contributed by atoms with Crippen LogP contribution in [0.25, 0.3) is 10.9 Å². The van der Waals surface area contributed by atoms with Gasteiger partial charge in [-0.2, -0.15) is 5.26 Å². The van der Waals surface area contributed by atoms with Crippen molar-refractivity contribution in [3.8, 4) is 6.07 Å². The van der Waals surface area contributed by atoms with E-state index < -0.39 is 17.7 Å². The molecule has 1 aliphatic rings. The minimum atomic E-state index is -0.759. The van der Waals surface area contributed by atoms with E-state index in [0.29, 0.717) is 10.9 Å². The average Bonchev–Trinajstić information content (AvgIpc) is 2.71. The standard InChI is InChI=1S/C21H25N5O4/c1-21(2,3)30-20(29)24-10-11-26(15(12-22)13-24)18(27)8-9-25-14-23-17-7-5-4-6-16(17)19(25)28/h4-7,14-15H,8-11,13H2,1-3H3. The molecule has 1 unspecified atom stereocenters. The summed E-state index contributed by atoms with van der Waals surface area (Å²) in [6, 6.07) is 8.36. The van der Waals surface area contributed by atoms with Crippen molar-refractivity contribution < 1.29 is 14.3 Å². The van der Waals surface area contributed by atoms with Crippen molar-refractivity contribution in [2.75, 3.05) is 19.6 Å². The predicted octanol–water partition coefficient (Wildman–Crippen LogP) is 1.76. The number of benzene rings is 1. The summed E-state index contributed by atoms with van der Waals surface area (Å²) in [5.74, 6) is -0.245. The molecule has 0 spiro atoms. The van der Waals surface area contributed by atoms with Crippen molar-refractivity contribution in [1.29, 1.82) is 5.26 Å². The highest BCUT2D eigenvalue weighted by molar-refractivity contribution is 5.78. The SMILES string of the molecule is CC(C)(C)OC(=O)N1CCN(C(=O)CCn2cnc3ccccc3c2=O)C(C#N)C1. The number of aromatic nitrogens is 2. The molecule has 158 valence electrons. The number of carbonyl (C=O) groups is 2. The Hall–Kier alpha value is -3.41. The number of para-hydroxylation sites is 1. The Morgan fingerprint density at radius 1 is 1.27 bits per heavy atom. The zero-order valence-corrected chi connectivity index (χ0v) is 17.4. The first kappa shape index (κ1) is 21.3. The Morgan fingerprint density at radius 2 is 2.00 bits per heavy atom. The Kier molecular flexibility index (Phi) is 6.06. The number of nitriles is 1. The number of amides is 2. The molecule has 0 radical (unpaired) electrons. The van der Waals surface area contributed by atoms with E-state index in [9.17, 15) is 19.6 Å². The van der Waals surface area contributed by atoms with Crippen LogP contribution in [0.2, 0.25) is 0 Å². The lowest BCUT2D eigenvalue weighted by molar-refractivity contribution is -0.134. The van der Waals surface area contributed by atoms with Crippen molar-refractivity contribution in [2.45, 2.75) is 45.4 Å². The van der Waals surface area contributed by atoms with E-state index in [0.717, 1.165) is 0 Å². The minimum absolute atomic E-state index is 0.0601. The molecule has 9 nitrogen and oxygen atoms in total. The van der Waals surface area contributed by atoms with Crippen molar-refractivity contribution in [3.63, 3.8) is 0 Å².